The van der Waals surface area contributed by atoms with Crippen molar-refractivity contribution in [2.24, 2.45) is 0 Å². The number of aliphatic hydroxyl groups is 1. The number of aliphatic hydroxyl groups excluding tert-OH is 1. The van der Waals surface area contributed by atoms with Crippen LogP contribution in [0, 0.1) is 0 Å². The number of hydrogen-bond donors (Lipinski definition) is 1. The van der Waals surface area contributed by atoms with Gasteiger partial charge in [0.25, 0.3) is 0 Å². The van der Waals surface area contributed by atoms with Crippen molar-refractivity contribution in [1.29, 1.82) is 0 Å². The summed E-state index contributed by atoms with van der Waals surface area (Å²) in [4.78, 5) is 0. The van der Waals surface area contributed by atoms with Crippen molar-refractivity contribution in [2.75, 3.05) is 6.61 Å². The van der Waals surface area contributed by atoms with Crippen LogP contribution < -0.4 is 0 Å². The zero-order valence-electron chi connectivity index (χ0n) is 5.91. The van der Waals surface area contributed by atoms with Gasteiger partial charge in [-0.1, -0.05) is 19.8 Å². The molecule has 0 fully saturated rings. The third-order valence-corrected chi connectivity index (χ3v) is 0.762. The van der Waals surface area contributed by atoms with E-state index in [0.29, 0.717) is 6.61 Å². The normalized spacial score (nSPS) is 5.40. The molecule has 0 radical (unpaired) electrons. The molecule has 0 aliphatic carbocycles. The number of hydrogen-bond acceptors (Lipinski definition) is 1. The van der Waals surface area contributed by atoms with E-state index >= 15 is 0 Å². The summed E-state index contributed by atoms with van der Waals surface area (Å²) in [5.41, 5.74) is 0. The molecule has 1 N–H and O–H groups in total. The van der Waals surface area contributed by atoms with Crippen molar-refractivity contribution in [3.63, 3.8) is 0 Å². The Labute approximate surface area is 57.9 Å². The summed E-state index contributed by atoms with van der Waals surface area (Å²) < 4.78 is 0. The van der Waals surface area contributed by atoms with E-state index < -0.39 is 0 Å². The van der Waals surface area contributed by atoms with Crippen molar-refractivity contribution in [3.05, 3.63) is 0 Å². The molecule has 0 aliphatic heterocycles. The van der Waals surface area contributed by atoms with Crippen LogP contribution in [0.15, 0.2) is 0 Å². The highest BCUT2D eigenvalue weighted by Crippen LogP contribution is 1.89. The zero-order valence-corrected chi connectivity index (χ0v) is 5.91. The van der Waals surface area contributed by atoms with Gasteiger partial charge in [0.05, 0.1) is 0 Å². The molecule has 70 valence electrons. The third kappa shape index (κ3) is 47.7. The van der Waals surface area contributed by atoms with E-state index in [-0.39, 0.29) is 18.8 Å². The van der Waals surface area contributed by atoms with E-state index in [1.165, 1.54) is 6.42 Å². The van der Waals surface area contributed by atoms with Crippen molar-refractivity contribution < 1.29 is 23.9 Å². The van der Waals surface area contributed by atoms with Crippen molar-refractivity contribution in [1.82, 2.24) is 0 Å². The van der Waals surface area contributed by atoms with Gasteiger partial charge in [-0.3, -0.25) is 18.8 Å². The standard InChI is InChI=1S/C5H12O.4FH/c1-2-3-4-5-6;;;;/h6H,2-5H2,1H3;4*1H. The summed E-state index contributed by atoms with van der Waals surface area (Å²) in [5.74, 6) is 0. The summed E-state index contributed by atoms with van der Waals surface area (Å²) in [6.07, 6.45) is 3.33. The molecule has 0 saturated carbocycles. The zero-order chi connectivity index (χ0) is 4.83. The maximum atomic E-state index is 8.20. The second-order valence-corrected chi connectivity index (χ2v) is 1.43. The molecule has 0 aromatic carbocycles. The molecule has 0 bridgehead atoms. The van der Waals surface area contributed by atoms with Gasteiger partial charge in [0, 0.05) is 6.61 Å². The Balaban J connectivity index is -0.0000000208. The summed E-state index contributed by atoms with van der Waals surface area (Å²) >= 11 is 0. The molecular weight excluding hydrogens is 152 g/mol. The van der Waals surface area contributed by atoms with Gasteiger partial charge in [0.15, 0.2) is 0 Å². The maximum Gasteiger partial charge on any atom is 0.0431 e. The van der Waals surface area contributed by atoms with E-state index in [4.69, 9.17) is 5.11 Å². The average molecular weight is 168 g/mol. The summed E-state index contributed by atoms with van der Waals surface area (Å²) in [6, 6.07) is 0. The lowest BCUT2D eigenvalue weighted by atomic mass is 10.3. The van der Waals surface area contributed by atoms with Gasteiger partial charge < -0.3 is 5.11 Å². The third-order valence-electron chi connectivity index (χ3n) is 0.762. The van der Waals surface area contributed by atoms with Crippen LogP contribution >= 0.6 is 0 Å². The quantitative estimate of drug-likeness (QED) is 0.503. The van der Waals surface area contributed by atoms with Gasteiger partial charge in [-0.15, -0.1) is 0 Å². The van der Waals surface area contributed by atoms with Gasteiger partial charge in [-0.25, -0.2) is 0 Å². The number of halogens is 4. The highest BCUT2D eigenvalue weighted by molar-refractivity contribution is 4.30. The van der Waals surface area contributed by atoms with Crippen LogP contribution in [-0.4, -0.2) is 11.7 Å². The van der Waals surface area contributed by atoms with Crippen molar-refractivity contribution >= 4 is 0 Å². The van der Waals surface area contributed by atoms with E-state index in [0.717, 1.165) is 12.8 Å². The Morgan fingerprint density at radius 2 is 1.30 bits per heavy atom. The first-order valence-electron chi connectivity index (χ1n) is 2.52. The first kappa shape index (κ1) is 33.3. The molecule has 0 atom stereocenters. The van der Waals surface area contributed by atoms with Gasteiger partial charge >= 0.3 is 0 Å². The largest absolute Gasteiger partial charge is 0.396 e. The Kier molecular flexibility index (Phi) is 126. The van der Waals surface area contributed by atoms with E-state index in [1.807, 2.05) is 0 Å². The highest BCUT2D eigenvalue weighted by Gasteiger charge is 1.76. The molecule has 0 heterocycles. The Hall–Kier alpha value is -0.320. The van der Waals surface area contributed by atoms with Crippen LogP contribution in [0.1, 0.15) is 26.2 Å². The second kappa shape index (κ2) is 37.8. The minimum atomic E-state index is 0. The summed E-state index contributed by atoms with van der Waals surface area (Å²) in [6.45, 7) is 2.48. The molecule has 1 nitrogen and oxygen atoms in total. The monoisotopic (exact) mass is 168 g/mol. The molecule has 0 unspecified atom stereocenters. The van der Waals surface area contributed by atoms with Crippen LogP contribution in [0.4, 0.5) is 18.8 Å². The van der Waals surface area contributed by atoms with Crippen LogP contribution in [0.2, 0.25) is 0 Å². The summed E-state index contributed by atoms with van der Waals surface area (Å²) in [5, 5.41) is 8.20. The molecule has 0 saturated heterocycles. The second-order valence-electron chi connectivity index (χ2n) is 1.43. The minimum Gasteiger partial charge on any atom is -0.396 e. The van der Waals surface area contributed by atoms with E-state index in [9.17, 15) is 0 Å². The minimum absolute atomic E-state index is 0. The van der Waals surface area contributed by atoms with Gasteiger partial charge in [0.1, 0.15) is 0 Å². The molecule has 0 aromatic rings. The number of rotatable bonds is 3. The van der Waals surface area contributed by atoms with Gasteiger partial charge in [-0.05, 0) is 6.42 Å². The molecule has 0 spiro atoms. The predicted molar refractivity (Wildman–Crippen MR) is 36.6 cm³/mol. The lowest BCUT2D eigenvalue weighted by Gasteiger charge is -1.85. The highest BCUT2D eigenvalue weighted by atomic mass is 19.0. The SMILES string of the molecule is CCCCCO.F.F.F.F. The topological polar surface area (TPSA) is 20.2 Å². The fraction of sp³-hybridized carbons (Fsp3) is 1.00. The van der Waals surface area contributed by atoms with E-state index in [1.54, 1.807) is 0 Å². The first-order chi connectivity index (χ1) is 2.91. The van der Waals surface area contributed by atoms with Crippen molar-refractivity contribution in [2.45, 2.75) is 26.2 Å². The lowest BCUT2D eigenvalue weighted by Crippen LogP contribution is -1.78. The van der Waals surface area contributed by atoms with Crippen LogP contribution in [0.25, 0.3) is 0 Å². The van der Waals surface area contributed by atoms with Crippen molar-refractivity contribution in [3.8, 4) is 0 Å². The molecule has 0 rings (SSSR count). The van der Waals surface area contributed by atoms with Crippen LogP contribution in [-0.2, 0) is 0 Å². The molecule has 0 aliphatic rings. The average Bonchev–Trinajstić information content (AvgIpc) is 1.61. The van der Waals surface area contributed by atoms with Crippen LogP contribution in [0.5, 0.6) is 0 Å². The summed E-state index contributed by atoms with van der Waals surface area (Å²) in [7, 11) is 0. The predicted octanol–water partition coefficient (Wildman–Crippen LogP) is 1.78. The van der Waals surface area contributed by atoms with Crippen LogP contribution in [0.3, 0.4) is 0 Å². The first-order valence-corrected chi connectivity index (χ1v) is 2.52. The molecule has 0 aromatic heterocycles. The smallest absolute Gasteiger partial charge is 0.0431 e. The Bertz CT molecular complexity index is 25.6. The lowest BCUT2D eigenvalue weighted by molar-refractivity contribution is 0.284. The van der Waals surface area contributed by atoms with Gasteiger partial charge in [0.2, 0.25) is 0 Å². The van der Waals surface area contributed by atoms with Gasteiger partial charge in [-0.2, -0.15) is 0 Å². The fourth-order valence-corrected chi connectivity index (χ4v) is 0.362. The molecule has 5 heteroatoms. The number of unbranched alkanes of at least 4 members (excludes halogenated alkanes) is 2. The fourth-order valence-electron chi connectivity index (χ4n) is 0.362. The molecule has 0 amide bonds. The van der Waals surface area contributed by atoms with E-state index in [2.05, 4.69) is 6.92 Å². The maximum absolute atomic E-state index is 8.20. The molecular formula is C5H16F4O. The Morgan fingerprint density at radius 3 is 1.40 bits per heavy atom. The Morgan fingerprint density at radius 1 is 0.900 bits per heavy atom. The molecule has 10 heavy (non-hydrogen) atoms.